The monoisotopic (exact) mass is 339 g/mol. The van der Waals surface area contributed by atoms with Gasteiger partial charge in [-0.25, -0.2) is 9.97 Å². The summed E-state index contributed by atoms with van der Waals surface area (Å²) >= 11 is 9.57. The van der Waals surface area contributed by atoms with Crippen molar-refractivity contribution in [3.8, 4) is 11.4 Å². The lowest BCUT2D eigenvalue weighted by Gasteiger charge is -2.09. The molecule has 2 aromatic rings. The first kappa shape index (κ1) is 14.3. The van der Waals surface area contributed by atoms with E-state index in [1.807, 2.05) is 31.3 Å². The van der Waals surface area contributed by atoms with E-state index in [1.165, 1.54) is 0 Å². The smallest absolute Gasteiger partial charge is 0.162 e. The third-order valence-electron chi connectivity index (χ3n) is 2.71. The van der Waals surface area contributed by atoms with E-state index in [-0.39, 0.29) is 0 Å². The van der Waals surface area contributed by atoms with Crippen molar-refractivity contribution < 1.29 is 0 Å². The summed E-state index contributed by atoms with van der Waals surface area (Å²) in [5, 5.41) is 3.75. The molecule has 19 heavy (non-hydrogen) atoms. The first-order valence-electron chi connectivity index (χ1n) is 6.15. The zero-order valence-corrected chi connectivity index (χ0v) is 13.2. The van der Waals surface area contributed by atoms with E-state index < -0.39 is 0 Å². The summed E-state index contributed by atoms with van der Waals surface area (Å²) in [6, 6.07) is 7.60. The average Bonchev–Trinajstić information content (AvgIpc) is 2.41. The summed E-state index contributed by atoms with van der Waals surface area (Å²) in [4.78, 5) is 9.10. The summed E-state index contributed by atoms with van der Waals surface area (Å²) in [5.41, 5.74) is 1.94. The van der Waals surface area contributed by atoms with Gasteiger partial charge in [0.25, 0.3) is 0 Å². The Morgan fingerprint density at radius 2 is 2.05 bits per heavy atom. The number of hydrogen-bond donors (Lipinski definition) is 1. The number of aryl methyl sites for hydroxylation is 1. The minimum Gasteiger partial charge on any atom is -0.373 e. The number of hydrogen-bond acceptors (Lipinski definition) is 3. The second-order valence-corrected chi connectivity index (χ2v) is 5.48. The zero-order chi connectivity index (χ0) is 13.8. The van der Waals surface area contributed by atoms with Gasteiger partial charge in [-0.2, -0.15) is 0 Å². The highest BCUT2D eigenvalue weighted by atomic mass is 79.9. The van der Waals surface area contributed by atoms with E-state index in [9.17, 15) is 0 Å². The number of halogens is 2. The lowest BCUT2D eigenvalue weighted by atomic mass is 10.2. The SMILES string of the molecule is CCCc1cc(NC)nc(-c2cc(Cl)ccc2Br)n1. The van der Waals surface area contributed by atoms with Crippen molar-refractivity contribution in [3.63, 3.8) is 0 Å². The fourth-order valence-electron chi connectivity index (χ4n) is 1.80. The predicted molar refractivity (Wildman–Crippen MR) is 83.7 cm³/mol. The van der Waals surface area contributed by atoms with E-state index >= 15 is 0 Å². The van der Waals surface area contributed by atoms with Crippen molar-refractivity contribution in [1.29, 1.82) is 0 Å². The summed E-state index contributed by atoms with van der Waals surface area (Å²) in [6.45, 7) is 2.14. The van der Waals surface area contributed by atoms with Crippen LogP contribution in [0.2, 0.25) is 5.02 Å². The number of rotatable bonds is 4. The normalized spacial score (nSPS) is 10.5. The van der Waals surface area contributed by atoms with Gasteiger partial charge in [-0.15, -0.1) is 0 Å². The fourth-order valence-corrected chi connectivity index (χ4v) is 2.40. The second-order valence-electron chi connectivity index (χ2n) is 4.19. The first-order valence-corrected chi connectivity index (χ1v) is 7.32. The lowest BCUT2D eigenvalue weighted by Crippen LogP contribution is -2.01. The molecule has 0 aliphatic rings. The van der Waals surface area contributed by atoms with Crippen LogP contribution < -0.4 is 5.32 Å². The maximum atomic E-state index is 6.05. The van der Waals surface area contributed by atoms with Gasteiger partial charge in [0, 0.05) is 33.9 Å². The van der Waals surface area contributed by atoms with E-state index in [2.05, 4.69) is 38.1 Å². The van der Waals surface area contributed by atoms with Gasteiger partial charge < -0.3 is 5.32 Å². The second kappa shape index (κ2) is 6.35. The standard InChI is InChI=1S/C14H15BrClN3/c1-3-4-10-8-13(17-2)19-14(18-10)11-7-9(16)5-6-12(11)15/h5-8H,3-4H2,1-2H3,(H,17,18,19). The summed E-state index contributed by atoms with van der Waals surface area (Å²) in [6.07, 6.45) is 1.98. The van der Waals surface area contributed by atoms with Crippen LogP contribution in [0.5, 0.6) is 0 Å². The molecule has 0 aliphatic carbocycles. The highest BCUT2D eigenvalue weighted by molar-refractivity contribution is 9.10. The molecule has 5 heteroatoms. The van der Waals surface area contributed by atoms with Gasteiger partial charge in [0.15, 0.2) is 5.82 Å². The Kier molecular flexibility index (Phi) is 4.77. The Morgan fingerprint density at radius 1 is 1.26 bits per heavy atom. The molecule has 2 rings (SSSR count). The Balaban J connectivity index is 2.54. The molecule has 0 unspecified atom stereocenters. The predicted octanol–water partition coefficient (Wildman–Crippen LogP) is 4.55. The lowest BCUT2D eigenvalue weighted by molar-refractivity contribution is 0.876. The third kappa shape index (κ3) is 3.45. The minimum atomic E-state index is 0.675. The largest absolute Gasteiger partial charge is 0.373 e. The quantitative estimate of drug-likeness (QED) is 0.887. The molecule has 1 N–H and O–H groups in total. The maximum Gasteiger partial charge on any atom is 0.162 e. The molecule has 1 aromatic heterocycles. The molecule has 1 heterocycles. The van der Waals surface area contributed by atoms with Crippen molar-refractivity contribution in [1.82, 2.24) is 9.97 Å². The van der Waals surface area contributed by atoms with Crippen LogP contribution in [-0.4, -0.2) is 17.0 Å². The third-order valence-corrected chi connectivity index (χ3v) is 3.64. The highest BCUT2D eigenvalue weighted by Gasteiger charge is 2.10. The van der Waals surface area contributed by atoms with E-state index in [0.29, 0.717) is 10.8 Å². The van der Waals surface area contributed by atoms with Crippen molar-refractivity contribution in [3.05, 3.63) is 39.5 Å². The van der Waals surface area contributed by atoms with Gasteiger partial charge in [0.1, 0.15) is 5.82 Å². The molecule has 0 amide bonds. The molecule has 0 aliphatic heterocycles. The molecule has 0 saturated heterocycles. The molecule has 0 bridgehead atoms. The van der Waals surface area contributed by atoms with E-state index in [0.717, 1.165) is 34.4 Å². The Morgan fingerprint density at radius 3 is 2.74 bits per heavy atom. The van der Waals surface area contributed by atoms with Crippen molar-refractivity contribution in [2.45, 2.75) is 19.8 Å². The average molecular weight is 341 g/mol. The summed E-state index contributed by atoms with van der Waals surface area (Å²) in [7, 11) is 1.86. The summed E-state index contributed by atoms with van der Waals surface area (Å²) in [5.74, 6) is 1.50. The molecular formula is C14H15BrClN3. The van der Waals surface area contributed by atoms with Crippen LogP contribution in [0.25, 0.3) is 11.4 Å². The van der Waals surface area contributed by atoms with Crippen LogP contribution >= 0.6 is 27.5 Å². The van der Waals surface area contributed by atoms with Crippen molar-refractivity contribution in [2.75, 3.05) is 12.4 Å². The van der Waals surface area contributed by atoms with Gasteiger partial charge in [-0.3, -0.25) is 0 Å². The van der Waals surface area contributed by atoms with E-state index in [4.69, 9.17) is 11.6 Å². The van der Waals surface area contributed by atoms with Crippen LogP contribution in [0.1, 0.15) is 19.0 Å². The Bertz CT molecular complexity index is 587. The van der Waals surface area contributed by atoms with Crippen LogP contribution in [0.3, 0.4) is 0 Å². The maximum absolute atomic E-state index is 6.05. The Labute approximate surface area is 126 Å². The van der Waals surface area contributed by atoms with Gasteiger partial charge in [0.2, 0.25) is 0 Å². The number of nitrogens with one attached hydrogen (secondary N) is 1. The van der Waals surface area contributed by atoms with E-state index in [1.54, 1.807) is 0 Å². The first-order chi connectivity index (χ1) is 9.13. The molecule has 3 nitrogen and oxygen atoms in total. The number of nitrogens with zero attached hydrogens (tertiary/aromatic N) is 2. The molecule has 0 spiro atoms. The number of benzene rings is 1. The molecule has 0 atom stereocenters. The van der Waals surface area contributed by atoms with Crippen LogP contribution in [-0.2, 0) is 6.42 Å². The zero-order valence-electron chi connectivity index (χ0n) is 10.9. The molecular weight excluding hydrogens is 326 g/mol. The Hall–Kier alpha value is -1.13. The van der Waals surface area contributed by atoms with Gasteiger partial charge in [0.05, 0.1) is 0 Å². The molecule has 1 aromatic carbocycles. The van der Waals surface area contributed by atoms with Crippen LogP contribution in [0.15, 0.2) is 28.7 Å². The fraction of sp³-hybridized carbons (Fsp3) is 0.286. The molecule has 0 fully saturated rings. The molecule has 0 radical (unpaired) electrons. The number of aromatic nitrogens is 2. The number of anilines is 1. The van der Waals surface area contributed by atoms with Crippen molar-refractivity contribution in [2.24, 2.45) is 0 Å². The van der Waals surface area contributed by atoms with Crippen LogP contribution in [0, 0.1) is 0 Å². The van der Waals surface area contributed by atoms with Gasteiger partial charge in [-0.1, -0.05) is 40.9 Å². The van der Waals surface area contributed by atoms with Crippen molar-refractivity contribution >= 4 is 33.3 Å². The minimum absolute atomic E-state index is 0.675. The molecule has 100 valence electrons. The van der Waals surface area contributed by atoms with Gasteiger partial charge >= 0.3 is 0 Å². The summed E-state index contributed by atoms with van der Waals surface area (Å²) < 4.78 is 0.938. The topological polar surface area (TPSA) is 37.8 Å². The van der Waals surface area contributed by atoms with Crippen LogP contribution in [0.4, 0.5) is 5.82 Å². The van der Waals surface area contributed by atoms with Gasteiger partial charge in [-0.05, 0) is 24.6 Å². The highest BCUT2D eigenvalue weighted by Crippen LogP contribution is 2.29. The molecule has 0 saturated carbocycles.